The summed E-state index contributed by atoms with van der Waals surface area (Å²) in [6.45, 7) is 6.87. The lowest BCUT2D eigenvalue weighted by molar-refractivity contribution is -0.127. The first-order chi connectivity index (χ1) is 12.0. The number of benzene rings is 1. The number of aromatic nitrogens is 2. The predicted octanol–water partition coefficient (Wildman–Crippen LogP) is 2.33. The van der Waals surface area contributed by atoms with Gasteiger partial charge in [-0.25, -0.2) is 4.68 Å². The fraction of sp³-hybridized carbons (Fsp3) is 0.421. The lowest BCUT2D eigenvalue weighted by Crippen LogP contribution is -2.52. The van der Waals surface area contributed by atoms with Crippen LogP contribution in [-0.2, 0) is 22.7 Å². The van der Waals surface area contributed by atoms with Crippen LogP contribution < -0.4 is 10.2 Å². The van der Waals surface area contributed by atoms with E-state index < -0.39 is 6.04 Å². The van der Waals surface area contributed by atoms with Crippen LogP contribution >= 0.6 is 0 Å². The van der Waals surface area contributed by atoms with Gasteiger partial charge in [0.15, 0.2) is 0 Å². The second-order valence-electron chi connectivity index (χ2n) is 6.51. The van der Waals surface area contributed by atoms with Crippen molar-refractivity contribution >= 4 is 17.6 Å². The number of hydrogen-bond donors (Lipinski definition) is 1. The zero-order valence-corrected chi connectivity index (χ0v) is 15.0. The van der Waals surface area contributed by atoms with E-state index in [9.17, 15) is 9.59 Å². The molecule has 25 heavy (non-hydrogen) atoms. The number of amides is 2. The monoisotopic (exact) mass is 340 g/mol. The first-order valence-corrected chi connectivity index (χ1v) is 8.69. The number of carbonyl (C=O) groups excluding carboxylic acids is 2. The number of nitrogens with zero attached hydrogens (tertiary/aromatic N) is 3. The summed E-state index contributed by atoms with van der Waals surface area (Å²) in [5, 5.41) is 7.37. The van der Waals surface area contributed by atoms with Gasteiger partial charge in [0.2, 0.25) is 11.8 Å². The van der Waals surface area contributed by atoms with E-state index in [0.717, 1.165) is 11.3 Å². The topological polar surface area (TPSA) is 67.2 Å². The molecule has 0 unspecified atom stereocenters. The Morgan fingerprint density at radius 2 is 2.00 bits per heavy atom. The fourth-order valence-corrected chi connectivity index (χ4v) is 3.17. The van der Waals surface area contributed by atoms with Gasteiger partial charge >= 0.3 is 0 Å². The molecule has 0 fully saturated rings. The van der Waals surface area contributed by atoms with Crippen LogP contribution in [0.5, 0.6) is 0 Å². The normalized spacial score (nSPS) is 15.0. The Morgan fingerprint density at radius 1 is 1.28 bits per heavy atom. The van der Waals surface area contributed by atoms with Gasteiger partial charge in [0, 0.05) is 19.0 Å². The first kappa shape index (κ1) is 17.2. The Morgan fingerprint density at radius 3 is 2.68 bits per heavy atom. The highest BCUT2D eigenvalue weighted by Crippen LogP contribution is 2.26. The van der Waals surface area contributed by atoms with Crippen molar-refractivity contribution in [3.63, 3.8) is 0 Å². The molecule has 6 nitrogen and oxygen atoms in total. The number of fused-ring (bicyclic) bond motifs is 1. The smallest absolute Gasteiger partial charge is 0.243 e. The van der Waals surface area contributed by atoms with E-state index >= 15 is 0 Å². The summed E-state index contributed by atoms with van der Waals surface area (Å²) in [5.41, 5.74) is 3.08. The van der Waals surface area contributed by atoms with Gasteiger partial charge in [-0.05, 0) is 25.8 Å². The standard InChI is InChI=1S/C19H24N4O2/c1-4-16(19(25)20-12-15-7-5-13(2)6-8-15)23-17-11-14(3)21-22(17)10-9-18(23)24/h5-8,11,16H,4,9-10,12H2,1-3H3,(H,20,25)/t16-/m0/s1. The van der Waals surface area contributed by atoms with Gasteiger partial charge in [0.05, 0.1) is 12.2 Å². The summed E-state index contributed by atoms with van der Waals surface area (Å²) in [5.74, 6) is 0.555. The number of aryl methyl sites for hydroxylation is 3. The molecule has 0 aliphatic carbocycles. The maximum absolute atomic E-state index is 12.7. The zero-order chi connectivity index (χ0) is 18.0. The second kappa shape index (κ2) is 7.09. The molecule has 1 aromatic carbocycles. The Balaban J connectivity index is 1.75. The van der Waals surface area contributed by atoms with Crippen LogP contribution in [0, 0.1) is 13.8 Å². The lowest BCUT2D eigenvalue weighted by atomic mass is 10.1. The van der Waals surface area contributed by atoms with Crippen molar-refractivity contribution in [3.05, 3.63) is 47.2 Å². The molecule has 0 spiro atoms. The number of nitrogens with one attached hydrogen (secondary N) is 1. The second-order valence-corrected chi connectivity index (χ2v) is 6.51. The molecule has 0 saturated heterocycles. The maximum atomic E-state index is 12.7. The lowest BCUT2D eigenvalue weighted by Gasteiger charge is -2.33. The maximum Gasteiger partial charge on any atom is 0.243 e. The van der Waals surface area contributed by atoms with Crippen LogP contribution in [0.1, 0.15) is 36.6 Å². The summed E-state index contributed by atoms with van der Waals surface area (Å²) in [6.07, 6.45) is 0.922. The van der Waals surface area contributed by atoms with Gasteiger partial charge in [-0.3, -0.25) is 14.5 Å². The molecule has 2 heterocycles. The summed E-state index contributed by atoms with van der Waals surface area (Å²) in [7, 11) is 0. The van der Waals surface area contributed by atoms with E-state index in [1.54, 1.807) is 4.90 Å². The molecule has 0 radical (unpaired) electrons. The van der Waals surface area contributed by atoms with Crippen LogP contribution in [0.2, 0.25) is 0 Å². The molecule has 6 heteroatoms. The molecule has 0 saturated carbocycles. The van der Waals surface area contributed by atoms with Crippen molar-refractivity contribution in [1.29, 1.82) is 0 Å². The van der Waals surface area contributed by atoms with E-state index in [0.29, 0.717) is 31.7 Å². The number of rotatable bonds is 5. The fourth-order valence-electron chi connectivity index (χ4n) is 3.17. The molecule has 3 rings (SSSR count). The highest BCUT2D eigenvalue weighted by Gasteiger charge is 2.34. The van der Waals surface area contributed by atoms with Gasteiger partial charge in [0.1, 0.15) is 11.9 Å². The quantitative estimate of drug-likeness (QED) is 0.908. The minimum Gasteiger partial charge on any atom is -0.350 e. The van der Waals surface area contributed by atoms with E-state index in [-0.39, 0.29) is 11.8 Å². The van der Waals surface area contributed by atoms with E-state index in [2.05, 4.69) is 10.4 Å². The van der Waals surface area contributed by atoms with Crippen LogP contribution in [0.4, 0.5) is 5.82 Å². The Kier molecular flexibility index (Phi) is 4.88. The van der Waals surface area contributed by atoms with Gasteiger partial charge in [0.25, 0.3) is 0 Å². The Hall–Kier alpha value is -2.63. The van der Waals surface area contributed by atoms with E-state index in [4.69, 9.17) is 0 Å². The van der Waals surface area contributed by atoms with Gasteiger partial charge in [-0.1, -0.05) is 36.8 Å². The van der Waals surface area contributed by atoms with E-state index in [1.165, 1.54) is 5.56 Å². The third-order valence-corrected chi connectivity index (χ3v) is 4.52. The summed E-state index contributed by atoms with van der Waals surface area (Å²) >= 11 is 0. The minimum absolute atomic E-state index is 0.0234. The summed E-state index contributed by atoms with van der Waals surface area (Å²) < 4.78 is 1.81. The number of carbonyl (C=O) groups is 2. The molecule has 1 aromatic heterocycles. The molecular weight excluding hydrogens is 316 g/mol. The molecule has 2 amide bonds. The molecule has 1 atom stereocenters. The number of hydrogen-bond acceptors (Lipinski definition) is 3. The minimum atomic E-state index is -0.520. The van der Waals surface area contributed by atoms with Crippen molar-refractivity contribution in [2.24, 2.45) is 0 Å². The SMILES string of the molecule is CC[C@@H](C(=O)NCc1ccc(C)cc1)N1C(=O)CCn2nc(C)cc21. The first-order valence-electron chi connectivity index (χ1n) is 8.69. The average molecular weight is 340 g/mol. The highest BCUT2D eigenvalue weighted by molar-refractivity contribution is 6.00. The highest BCUT2D eigenvalue weighted by atomic mass is 16.2. The molecule has 1 N–H and O–H groups in total. The Labute approximate surface area is 147 Å². The molecule has 1 aliphatic rings. The van der Waals surface area contributed by atoms with E-state index in [1.807, 2.05) is 55.8 Å². The summed E-state index contributed by atoms with van der Waals surface area (Å²) in [6, 6.07) is 9.39. The molecule has 0 bridgehead atoms. The van der Waals surface area contributed by atoms with Crippen molar-refractivity contribution in [2.45, 2.75) is 52.7 Å². The molecular formula is C19H24N4O2. The summed E-state index contributed by atoms with van der Waals surface area (Å²) in [4.78, 5) is 26.8. The van der Waals surface area contributed by atoms with Crippen molar-refractivity contribution in [2.75, 3.05) is 4.90 Å². The number of anilines is 1. The molecule has 1 aliphatic heterocycles. The third kappa shape index (κ3) is 3.57. The molecule has 132 valence electrons. The largest absolute Gasteiger partial charge is 0.350 e. The molecule has 2 aromatic rings. The van der Waals surface area contributed by atoms with Gasteiger partial charge in [-0.2, -0.15) is 5.10 Å². The average Bonchev–Trinajstić information content (AvgIpc) is 2.97. The van der Waals surface area contributed by atoms with Crippen LogP contribution in [0.25, 0.3) is 0 Å². The Bertz CT molecular complexity index is 779. The van der Waals surface area contributed by atoms with Gasteiger partial charge in [-0.15, -0.1) is 0 Å². The van der Waals surface area contributed by atoms with Gasteiger partial charge < -0.3 is 5.32 Å². The van der Waals surface area contributed by atoms with Crippen LogP contribution in [-0.4, -0.2) is 27.6 Å². The predicted molar refractivity (Wildman–Crippen MR) is 96.2 cm³/mol. The van der Waals surface area contributed by atoms with Crippen molar-refractivity contribution in [3.8, 4) is 0 Å². The van der Waals surface area contributed by atoms with Crippen LogP contribution in [0.3, 0.4) is 0 Å². The van der Waals surface area contributed by atoms with Crippen LogP contribution in [0.15, 0.2) is 30.3 Å². The van der Waals surface area contributed by atoms with Crippen molar-refractivity contribution < 1.29 is 9.59 Å². The van der Waals surface area contributed by atoms with Crippen molar-refractivity contribution in [1.82, 2.24) is 15.1 Å². The third-order valence-electron chi connectivity index (χ3n) is 4.52. The zero-order valence-electron chi connectivity index (χ0n) is 15.0.